The zero-order valence-corrected chi connectivity index (χ0v) is 12.5. The maximum Gasteiger partial charge on any atom is 0.167 e. The molecule has 0 aliphatic carbocycles. The minimum Gasteiger partial charge on any atom is -0.357 e. The Bertz CT molecular complexity index is 460. The van der Waals surface area contributed by atoms with Crippen LogP contribution < -0.4 is 4.90 Å². The maximum absolute atomic E-state index is 13.8. The van der Waals surface area contributed by atoms with Gasteiger partial charge in [0.25, 0.3) is 0 Å². The van der Waals surface area contributed by atoms with Gasteiger partial charge in [-0.1, -0.05) is 20.8 Å². The van der Waals surface area contributed by atoms with Crippen LogP contribution in [0.4, 0.5) is 10.2 Å². The van der Waals surface area contributed by atoms with Crippen LogP contribution in [0.3, 0.4) is 0 Å². The molecule has 0 N–H and O–H groups in total. The summed E-state index contributed by atoms with van der Waals surface area (Å²) in [7, 11) is 1.80. The van der Waals surface area contributed by atoms with Gasteiger partial charge in [0.05, 0.1) is 5.56 Å². The summed E-state index contributed by atoms with van der Waals surface area (Å²) in [6.07, 6.45) is 0. The van der Waals surface area contributed by atoms with Gasteiger partial charge in [-0.25, -0.2) is 9.37 Å². The van der Waals surface area contributed by atoms with Gasteiger partial charge in [0.2, 0.25) is 0 Å². The monoisotopic (exact) mass is 347 g/mol. The van der Waals surface area contributed by atoms with E-state index >= 15 is 0 Å². The first-order valence-electron chi connectivity index (χ1n) is 5.22. The molecule has 0 saturated carbocycles. The predicted octanol–water partition coefficient (Wildman–Crippen LogP) is 3.18. The van der Waals surface area contributed by atoms with Crippen molar-refractivity contribution in [2.24, 2.45) is 5.41 Å². The molecule has 5 heteroatoms. The van der Waals surface area contributed by atoms with Crippen LogP contribution in [0.2, 0.25) is 0 Å². The number of aromatic nitrogens is 1. The second-order valence-electron chi connectivity index (χ2n) is 5.16. The van der Waals surface area contributed by atoms with Crippen molar-refractivity contribution >= 4 is 28.4 Å². The van der Waals surface area contributed by atoms with Gasteiger partial charge in [-0.15, -0.1) is 0 Å². The fourth-order valence-electron chi connectivity index (χ4n) is 1.59. The highest BCUT2D eigenvalue weighted by Gasteiger charge is 2.19. The third-order valence-corrected chi connectivity index (χ3v) is 2.93. The number of halogens is 2. The molecule has 92 valence electrons. The first-order chi connectivity index (χ1) is 7.74. The number of rotatable bonds is 2. The van der Waals surface area contributed by atoms with Crippen LogP contribution >= 0.6 is 22.6 Å². The largest absolute Gasteiger partial charge is 0.357 e. The Morgan fingerprint density at radius 2 is 2.12 bits per heavy atom. The van der Waals surface area contributed by atoms with Crippen LogP contribution in [0.1, 0.15) is 26.3 Å². The fourth-order valence-corrected chi connectivity index (χ4v) is 2.09. The average molecular weight is 347 g/mol. The van der Waals surface area contributed by atoms with E-state index in [0.29, 0.717) is 16.1 Å². The van der Waals surface area contributed by atoms with Crippen LogP contribution in [0, 0.1) is 26.3 Å². The lowest BCUT2D eigenvalue weighted by molar-refractivity contribution is 0.415. The molecule has 0 saturated heterocycles. The molecule has 1 heterocycles. The Morgan fingerprint density at radius 1 is 1.53 bits per heavy atom. The van der Waals surface area contributed by atoms with Crippen molar-refractivity contribution < 1.29 is 4.39 Å². The third kappa shape index (κ3) is 3.80. The summed E-state index contributed by atoms with van der Waals surface area (Å²) in [5.41, 5.74) is 0.332. The quantitative estimate of drug-likeness (QED) is 0.609. The summed E-state index contributed by atoms with van der Waals surface area (Å²) < 4.78 is 14.3. The van der Waals surface area contributed by atoms with Crippen molar-refractivity contribution in [3.05, 3.63) is 21.1 Å². The number of hydrogen-bond acceptors (Lipinski definition) is 3. The highest BCUT2D eigenvalue weighted by molar-refractivity contribution is 14.1. The van der Waals surface area contributed by atoms with Crippen LogP contribution in [0.5, 0.6) is 0 Å². The molecule has 0 fully saturated rings. The average Bonchev–Trinajstić information content (AvgIpc) is 2.18. The van der Waals surface area contributed by atoms with Crippen molar-refractivity contribution in [1.82, 2.24) is 4.98 Å². The van der Waals surface area contributed by atoms with E-state index in [1.54, 1.807) is 11.9 Å². The molecule has 0 bridgehead atoms. The number of nitrogens with zero attached hydrogens (tertiary/aromatic N) is 3. The molecule has 0 radical (unpaired) electrons. The van der Waals surface area contributed by atoms with Gasteiger partial charge >= 0.3 is 0 Å². The maximum atomic E-state index is 13.8. The van der Waals surface area contributed by atoms with E-state index in [2.05, 4.69) is 25.8 Å². The standard InChI is InChI=1S/C12H15FIN3/c1-12(2,3)7-17(4)11-9(13)5-8(6-15)10(14)16-11/h5H,7H2,1-4H3. The van der Waals surface area contributed by atoms with E-state index in [1.807, 2.05) is 28.7 Å². The number of nitriles is 1. The van der Waals surface area contributed by atoms with Crippen molar-refractivity contribution in [2.75, 3.05) is 18.5 Å². The normalized spacial score (nSPS) is 11.1. The van der Waals surface area contributed by atoms with Gasteiger partial charge < -0.3 is 4.90 Å². The first kappa shape index (κ1) is 14.2. The molecular weight excluding hydrogens is 332 g/mol. The van der Waals surface area contributed by atoms with E-state index in [4.69, 9.17) is 5.26 Å². The fraction of sp³-hybridized carbons (Fsp3) is 0.500. The molecule has 0 aliphatic rings. The molecule has 1 rings (SSSR count). The van der Waals surface area contributed by atoms with E-state index in [1.165, 1.54) is 6.07 Å². The van der Waals surface area contributed by atoms with Gasteiger partial charge in [-0.2, -0.15) is 5.26 Å². The summed E-state index contributed by atoms with van der Waals surface area (Å²) in [5.74, 6) is -0.156. The van der Waals surface area contributed by atoms with Gasteiger partial charge in [0, 0.05) is 13.6 Å². The van der Waals surface area contributed by atoms with Gasteiger partial charge in [-0.05, 0) is 34.1 Å². The Hall–Kier alpha value is -0.900. The summed E-state index contributed by atoms with van der Waals surface area (Å²) in [4.78, 5) is 5.92. The molecule has 0 unspecified atom stereocenters. The SMILES string of the molecule is CN(CC(C)(C)C)c1nc(I)c(C#N)cc1F. The Morgan fingerprint density at radius 3 is 2.59 bits per heavy atom. The zero-order chi connectivity index (χ0) is 13.2. The Labute approximate surface area is 115 Å². The first-order valence-corrected chi connectivity index (χ1v) is 6.30. The Balaban J connectivity index is 3.08. The molecule has 1 aromatic heterocycles. The van der Waals surface area contributed by atoms with Crippen LogP contribution in [0.25, 0.3) is 0 Å². The summed E-state index contributed by atoms with van der Waals surface area (Å²) in [5, 5.41) is 8.78. The molecule has 0 spiro atoms. The molecule has 3 nitrogen and oxygen atoms in total. The van der Waals surface area contributed by atoms with E-state index < -0.39 is 5.82 Å². The van der Waals surface area contributed by atoms with Gasteiger partial charge in [0.1, 0.15) is 9.77 Å². The summed E-state index contributed by atoms with van der Waals surface area (Å²) in [6.45, 7) is 6.93. The second-order valence-corrected chi connectivity index (χ2v) is 6.18. The number of hydrogen-bond donors (Lipinski definition) is 0. The van der Waals surface area contributed by atoms with E-state index in [0.717, 1.165) is 0 Å². The third-order valence-electron chi connectivity index (χ3n) is 2.10. The molecule has 0 atom stereocenters. The highest BCUT2D eigenvalue weighted by atomic mass is 127. The molecule has 0 aliphatic heterocycles. The lowest BCUT2D eigenvalue weighted by Crippen LogP contribution is -2.30. The van der Waals surface area contributed by atoms with E-state index in [9.17, 15) is 4.39 Å². The highest BCUT2D eigenvalue weighted by Crippen LogP contribution is 2.23. The van der Waals surface area contributed by atoms with Crippen LogP contribution in [-0.4, -0.2) is 18.6 Å². The molecular formula is C12H15FIN3. The van der Waals surface area contributed by atoms with Crippen molar-refractivity contribution in [2.45, 2.75) is 20.8 Å². The number of anilines is 1. The van der Waals surface area contributed by atoms with Gasteiger partial charge in [0.15, 0.2) is 11.6 Å². The second kappa shape index (κ2) is 5.17. The lowest BCUT2D eigenvalue weighted by atomic mass is 9.96. The van der Waals surface area contributed by atoms with Gasteiger partial charge in [-0.3, -0.25) is 0 Å². The zero-order valence-electron chi connectivity index (χ0n) is 10.4. The topological polar surface area (TPSA) is 39.9 Å². The number of pyridine rings is 1. The molecule has 1 aromatic rings. The molecule has 0 aromatic carbocycles. The van der Waals surface area contributed by atoms with Crippen LogP contribution in [0.15, 0.2) is 6.07 Å². The van der Waals surface area contributed by atoms with E-state index in [-0.39, 0.29) is 11.0 Å². The molecule has 0 amide bonds. The summed E-state index contributed by atoms with van der Waals surface area (Å²) in [6, 6.07) is 3.16. The minimum absolute atomic E-state index is 0.0577. The Kier molecular flexibility index (Phi) is 4.31. The minimum atomic E-state index is -0.450. The van der Waals surface area contributed by atoms with Crippen molar-refractivity contribution in [1.29, 1.82) is 5.26 Å². The van der Waals surface area contributed by atoms with Crippen molar-refractivity contribution in [3.8, 4) is 6.07 Å². The predicted molar refractivity (Wildman–Crippen MR) is 74.4 cm³/mol. The molecule has 17 heavy (non-hydrogen) atoms. The van der Waals surface area contributed by atoms with Crippen molar-refractivity contribution in [3.63, 3.8) is 0 Å². The van der Waals surface area contributed by atoms with Crippen LogP contribution in [-0.2, 0) is 0 Å². The lowest BCUT2D eigenvalue weighted by Gasteiger charge is -2.27. The smallest absolute Gasteiger partial charge is 0.167 e. The summed E-state index contributed by atoms with van der Waals surface area (Å²) >= 11 is 1.95.